The van der Waals surface area contributed by atoms with E-state index in [0.29, 0.717) is 10.1 Å². The summed E-state index contributed by atoms with van der Waals surface area (Å²) in [5, 5.41) is 0.308. The molecule has 3 nitrogen and oxygen atoms in total. The Morgan fingerprint density at radius 2 is 1.67 bits per heavy atom. The van der Waals surface area contributed by atoms with E-state index in [9.17, 15) is 4.79 Å². The smallest absolute Gasteiger partial charge is 0.286 e. The van der Waals surface area contributed by atoms with Gasteiger partial charge in [-0.1, -0.05) is 42.1 Å². The van der Waals surface area contributed by atoms with Crippen molar-refractivity contribution in [2.24, 2.45) is 10.7 Å². The van der Waals surface area contributed by atoms with Crippen LogP contribution in [-0.4, -0.2) is 11.1 Å². The number of hydrogen-bond donors (Lipinski definition) is 1. The monoisotopic (exact) mass is 312 g/mol. The number of nitrogens with zero attached hydrogens (tertiary/aromatic N) is 1. The molecule has 2 N–H and O–H groups in total. The molecule has 104 valence electrons. The third-order valence-corrected chi connectivity index (χ3v) is 4.62. The van der Waals surface area contributed by atoms with E-state index in [1.807, 2.05) is 48.5 Å². The van der Waals surface area contributed by atoms with Crippen LogP contribution in [0.1, 0.15) is 5.56 Å². The van der Waals surface area contributed by atoms with Crippen LogP contribution in [0.25, 0.3) is 6.08 Å². The van der Waals surface area contributed by atoms with Crippen LogP contribution in [0.2, 0.25) is 0 Å². The summed E-state index contributed by atoms with van der Waals surface area (Å²) >= 11 is 2.91. The van der Waals surface area contributed by atoms with Crippen LogP contribution >= 0.6 is 23.5 Å². The number of thioether (sulfide) groups is 1. The fraction of sp³-hybridized carbons (Fsp3) is 0. The zero-order valence-corrected chi connectivity index (χ0v) is 12.7. The van der Waals surface area contributed by atoms with Crippen molar-refractivity contribution in [3.05, 3.63) is 65.1 Å². The van der Waals surface area contributed by atoms with Crippen LogP contribution in [0.5, 0.6) is 0 Å². The number of benzene rings is 2. The fourth-order valence-electron chi connectivity index (χ4n) is 1.83. The van der Waals surface area contributed by atoms with Crippen LogP contribution in [0.15, 0.2) is 74.3 Å². The molecular weight excluding hydrogens is 300 g/mol. The van der Waals surface area contributed by atoms with Crippen molar-refractivity contribution >= 4 is 40.7 Å². The molecule has 0 saturated heterocycles. The van der Waals surface area contributed by atoms with Gasteiger partial charge in [0, 0.05) is 9.79 Å². The molecule has 1 heterocycles. The van der Waals surface area contributed by atoms with Gasteiger partial charge in [-0.2, -0.15) is 4.99 Å². The molecule has 2 aromatic carbocycles. The number of nitrogens with two attached hydrogens (primary N) is 1. The van der Waals surface area contributed by atoms with Crippen LogP contribution in [0.4, 0.5) is 0 Å². The molecule has 0 atom stereocenters. The summed E-state index contributed by atoms with van der Waals surface area (Å²) in [4.78, 5) is 18.1. The Balaban J connectivity index is 1.73. The summed E-state index contributed by atoms with van der Waals surface area (Å²) in [6.45, 7) is 0. The predicted molar refractivity (Wildman–Crippen MR) is 89.2 cm³/mol. The highest BCUT2D eigenvalue weighted by atomic mass is 32.2. The van der Waals surface area contributed by atoms with Gasteiger partial charge in [0.15, 0.2) is 5.17 Å². The Bertz CT molecular complexity index is 722. The summed E-state index contributed by atoms with van der Waals surface area (Å²) < 4.78 is 0. The topological polar surface area (TPSA) is 55.4 Å². The summed E-state index contributed by atoms with van der Waals surface area (Å²) in [5.74, 6) is -0.264. The van der Waals surface area contributed by atoms with E-state index in [4.69, 9.17) is 5.73 Å². The molecule has 0 unspecified atom stereocenters. The Kier molecular flexibility index (Phi) is 4.13. The van der Waals surface area contributed by atoms with Crippen LogP contribution in [0, 0.1) is 0 Å². The maximum atomic E-state index is 11.5. The average molecular weight is 312 g/mol. The maximum Gasteiger partial charge on any atom is 0.286 e. The van der Waals surface area contributed by atoms with Gasteiger partial charge in [-0.05, 0) is 47.7 Å². The van der Waals surface area contributed by atoms with Gasteiger partial charge in [0.1, 0.15) is 0 Å². The Morgan fingerprint density at radius 1 is 1.00 bits per heavy atom. The fourth-order valence-corrected chi connectivity index (χ4v) is 3.35. The third-order valence-electron chi connectivity index (χ3n) is 2.79. The first-order valence-electron chi connectivity index (χ1n) is 6.32. The summed E-state index contributed by atoms with van der Waals surface area (Å²) in [6.07, 6.45) is 1.81. The number of rotatable bonds is 3. The van der Waals surface area contributed by atoms with Crippen molar-refractivity contribution in [3.63, 3.8) is 0 Å². The average Bonchev–Trinajstić information content (AvgIpc) is 2.80. The number of hydrogen-bond acceptors (Lipinski definition) is 4. The lowest BCUT2D eigenvalue weighted by Gasteiger charge is -2.02. The standard InChI is InChI=1S/C16H12N2OS2/c17-16-18-15(19)14(21-16)10-11-6-8-13(9-7-11)20-12-4-2-1-3-5-12/h1-10H,(H2,17,18,19). The van der Waals surface area contributed by atoms with Crippen molar-refractivity contribution in [3.8, 4) is 0 Å². The number of carbonyl (C=O) groups is 1. The first kappa shape index (κ1) is 14.0. The van der Waals surface area contributed by atoms with Gasteiger partial charge in [-0.3, -0.25) is 4.79 Å². The molecule has 2 aromatic rings. The lowest BCUT2D eigenvalue weighted by atomic mass is 10.2. The van der Waals surface area contributed by atoms with Gasteiger partial charge < -0.3 is 5.73 Å². The molecule has 1 amide bonds. The van der Waals surface area contributed by atoms with E-state index >= 15 is 0 Å². The van der Waals surface area contributed by atoms with E-state index in [2.05, 4.69) is 17.1 Å². The molecule has 21 heavy (non-hydrogen) atoms. The molecule has 3 rings (SSSR count). The molecule has 5 heteroatoms. The van der Waals surface area contributed by atoms with E-state index in [0.717, 1.165) is 10.5 Å². The zero-order valence-electron chi connectivity index (χ0n) is 11.0. The molecule has 1 aliphatic heterocycles. The van der Waals surface area contributed by atoms with Gasteiger partial charge in [-0.15, -0.1) is 0 Å². The Morgan fingerprint density at radius 3 is 2.29 bits per heavy atom. The highest BCUT2D eigenvalue weighted by molar-refractivity contribution is 8.18. The molecule has 0 aliphatic carbocycles. The first-order valence-corrected chi connectivity index (χ1v) is 7.95. The van der Waals surface area contributed by atoms with Crippen molar-refractivity contribution in [2.75, 3.05) is 0 Å². The van der Waals surface area contributed by atoms with Crippen molar-refractivity contribution in [2.45, 2.75) is 9.79 Å². The highest BCUT2D eigenvalue weighted by Gasteiger charge is 2.19. The summed E-state index contributed by atoms with van der Waals surface area (Å²) in [5.41, 5.74) is 6.49. The third kappa shape index (κ3) is 3.56. The second kappa shape index (κ2) is 6.20. The zero-order chi connectivity index (χ0) is 14.7. The minimum Gasteiger partial charge on any atom is -0.378 e. The van der Waals surface area contributed by atoms with E-state index < -0.39 is 0 Å². The van der Waals surface area contributed by atoms with Gasteiger partial charge in [0.05, 0.1) is 4.91 Å². The van der Waals surface area contributed by atoms with E-state index in [-0.39, 0.29) is 5.91 Å². The maximum absolute atomic E-state index is 11.5. The first-order chi connectivity index (χ1) is 10.2. The molecular formula is C16H12N2OS2. The molecule has 0 radical (unpaired) electrons. The van der Waals surface area contributed by atoms with Crippen molar-refractivity contribution in [1.29, 1.82) is 0 Å². The van der Waals surface area contributed by atoms with Crippen molar-refractivity contribution < 1.29 is 4.79 Å². The lowest BCUT2D eigenvalue weighted by Crippen LogP contribution is -2.01. The highest BCUT2D eigenvalue weighted by Crippen LogP contribution is 2.29. The molecule has 0 bridgehead atoms. The molecule has 0 saturated carbocycles. The molecule has 1 aliphatic rings. The number of aliphatic imine (C=N–C) groups is 1. The van der Waals surface area contributed by atoms with E-state index in [1.54, 1.807) is 11.8 Å². The van der Waals surface area contributed by atoms with Gasteiger partial charge in [0.2, 0.25) is 0 Å². The normalized spacial score (nSPS) is 16.3. The quantitative estimate of drug-likeness (QED) is 0.877. The van der Waals surface area contributed by atoms with E-state index in [1.165, 1.54) is 16.7 Å². The second-order valence-electron chi connectivity index (χ2n) is 4.35. The summed E-state index contributed by atoms with van der Waals surface area (Å²) in [6, 6.07) is 18.3. The largest absolute Gasteiger partial charge is 0.378 e. The molecule has 0 fully saturated rings. The van der Waals surface area contributed by atoms with Crippen LogP contribution < -0.4 is 5.73 Å². The number of carbonyl (C=O) groups excluding carboxylic acids is 1. The minimum absolute atomic E-state index is 0.264. The number of amides is 1. The number of amidine groups is 1. The van der Waals surface area contributed by atoms with Gasteiger partial charge >= 0.3 is 0 Å². The van der Waals surface area contributed by atoms with Gasteiger partial charge in [-0.25, -0.2) is 0 Å². The lowest BCUT2D eigenvalue weighted by molar-refractivity contribution is -0.113. The predicted octanol–water partition coefficient (Wildman–Crippen LogP) is 3.77. The Labute approximate surface area is 131 Å². The van der Waals surface area contributed by atoms with Crippen molar-refractivity contribution in [1.82, 2.24) is 0 Å². The van der Waals surface area contributed by atoms with Crippen LogP contribution in [0.3, 0.4) is 0 Å². The SMILES string of the molecule is NC1=NC(=O)C(=Cc2ccc(Sc3ccccc3)cc2)S1. The summed E-state index contributed by atoms with van der Waals surface area (Å²) in [7, 11) is 0. The van der Waals surface area contributed by atoms with Gasteiger partial charge in [0.25, 0.3) is 5.91 Å². The molecule has 0 spiro atoms. The van der Waals surface area contributed by atoms with Crippen LogP contribution in [-0.2, 0) is 4.79 Å². The second-order valence-corrected chi connectivity index (χ2v) is 6.56. The molecule has 0 aromatic heterocycles. The minimum atomic E-state index is -0.264. The Hall–Kier alpha value is -1.98.